The number of amides is 1. The van der Waals surface area contributed by atoms with Crippen molar-refractivity contribution in [3.8, 4) is 0 Å². The molecule has 2 heterocycles. The number of halogens is 1. The molecule has 0 bridgehead atoms. The van der Waals surface area contributed by atoms with Crippen molar-refractivity contribution in [1.82, 2.24) is 15.5 Å². The van der Waals surface area contributed by atoms with E-state index in [1.807, 2.05) is 18.2 Å². The fourth-order valence-electron chi connectivity index (χ4n) is 2.47. The Morgan fingerprint density at radius 3 is 3.10 bits per heavy atom. The quantitative estimate of drug-likeness (QED) is 0.815. The first-order valence-corrected chi connectivity index (χ1v) is 6.95. The van der Waals surface area contributed by atoms with Crippen LogP contribution in [0.2, 0.25) is 0 Å². The van der Waals surface area contributed by atoms with Crippen LogP contribution in [-0.4, -0.2) is 22.6 Å². The van der Waals surface area contributed by atoms with Gasteiger partial charge in [0, 0.05) is 36.5 Å². The molecule has 1 aromatic heterocycles. The predicted molar refractivity (Wildman–Crippen MR) is 85.0 cm³/mol. The first-order valence-electron chi connectivity index (χ1n) is 6.95. The largest absolute Gasteiger partial charge is 0.321 e. The highest BCUT2D eigenvalue weighted by atomic mass is 35.5. The molecule has 112 valence electrons. The van der Waals surface area contributed by atoms with Gasteiger partial charge in [-0.15, -0.1) is 12.4 Å². The molecule has 1 amide bonds. The van der Waals surface area contributed by atoms with Crippen molar-refractivity contribution in [3.05, 3.63) is 46.8 Å². The first-order chi connectivity index (χ1) is 9.78. The van der Waals surface area contributed by atoms with Crippen LogP contribution in [0.25, 0.3) is 0 Å². The Labute approximate surface area is 129 Å². The van der Waals surface area contributed by atoms with Crippen molar-refractivity contribution in [2.24, 2.45) is 0 Å². The van der Waals surface area contributed by atoms with Crippen molar-refractivity contribution < 1.29 is 4.79 Å². The standard InChI is InChI=1S/C15H18N4O.ClH/c1-2-10-4-3-5-11(8-10)17-15(20)14-12-9-16-7-6-13(12)18-19-14;/h3-5,8,16H,2,6-7,9H2,1H3,(H,17,20)(H,18,19);1H. The van der Waals surface area contributed by atoms with E-state index in [9.17, 15) is 4.79 Å². The van der Waals surface area contributed by atoms with Crippen molar-refractivity contribution in [2.45, 2.75) is 26.3 Å². The molecule has 1 aromatic carbocycles. The zero-order chi connectivity index (χ0) is 13.9. The van der Waals surface area contributed by atoms with Crippen LogP contribution < -0.4 is 10.6 Å². The lowest BCUT2D eigenvalue weighted by Gasteiger charge is -2.13. The molecule has 0 aliphatic carbocycles. The van der Waals surface area contributed by atoms with Gasteiger partial charge in [-0.25, -0.2) is 0 Å². The maximum atomic E-state index is 12.3. The molecule has 5 nitrogen and oxygen atoms in total. The second-order valence-corrected chi connectivity index (χ2v) is 4.96. The SMILES string of the molecule is CCc1cccc(NC(=O)c2n[nH]c3c2CNCC3)c1.Cl. The molecule has 0 spiro atoms. The summed E-state index contributed by atoms with van der Waals surface area (Å²) in [5.74, 6) is -0.153. The topological polar surface area (TPSA) is 69.8 Å². The number of fused-ring (bicyclic) bond motifs is 1. The van der Waals surface area contributed by atoms with Crippen molar-refractivity contribution in [2.75, 3.05) is 11.9 Å². The van der Waals surface area contributed by atoms with E-state index < -0.39 is 0 Å². The van der Waals surface area contributed by atoms with Gasteiger partial charge in [0.15, 0.2) is 5.69 Å². The van der Waals surface area contributed by atoms with E-state index in [-0.39, 0.29) is 18.3 Å². The Bertz CT molecular complexity index is 638. The third-order valence-corrected chi connectivity index (χ3v) is 3.61. The fourth-order valence-corrected chi connectivity index (χ4v) is 2.47. The highest BCUT2D eigenvalue weighted by molar-refractivity contribution is 6.04. The van der Waals surface area contributed by atoms with Gasteiger partial charge in [0.05, 0.1) is 0 Å². The summed E-state index contributed by atoms with van der Waals surface area (Å²) >= 11 is 0. The summed E-state index contributed by atoms with van der Waals surface area (Å²) in [5.41, 5.74) is 4.56. The third kappa shape index (κ3) is 3.25. The van der Waals surface area contributed by atoms with Gasteiger partial charge < -0.3 is 10.6 Å². The molecule has 3 N–H and O–H groups in total. The first kappa shape index (κ1) is 15.5. The Balaban J connectivity index is 0.00000161. The maximum absolute atomic E-state index is 12.3. The van der Waals surface area contributed by atoms with E-state index in [0.29, 0.717) is 12.2 Å². The van der Waals surface area contributed by atoms with E-state index >= 15 is 0 Å². The highest BCUT2D eigenvalue weighted by Crippen LogP contribution is 2.17. The zero-order valence-corrected chi connectivity index (χ0v) is 12.7. The number of carbonyl (C=O) groups excluding carboxylic acids is 1. The number of H-pyrrole nitrogens is 1. The Morgan fingerprint density at radius 2 is 2.29 bits per heavy atom. The number of rotatable bonds is 3. The number of benzene rings is 1. The predicted octanol–water partition coefficient (Wildman–Crippen LogP) is 2.29. The molecule has 3 rings (SSSR count). The van der Waals surface area contributed by atoms with E-state index in [1.54, 1.807) is 0 Å². The average Bonchev–Trinajstić information content (AvgIpc) is 2.91. The molecule has 0 atom stereocenters. The summed E-state index contributed by atoms with van der Waals surface area (Å²) in [7, 11) is 0. The summed E-state index contributed by atoms with van der Waals surface area (Å²) < 4.78 is 0. The Kier molecular flexibility index (Phi) is 4.98. The maximum Gasteiger partial charge on any atom is 0.276 e. The number of aromatic amines is 1. The van der Waals surface area contributed by atoms with Crippen LogP contribution in [0.1, 0.15) is 34.2 Å². The molecule has 0 saturated carbocycles. The second kappa shape index (κ2) is 6.74. The van der Waals surface area contributed by atoms with Crippen LogP contribution in [0.3, 0.4) is 0 Å². The summed E-state index contributed by atoms with van der Waals surface area (Å²) in [5, 5.41) is 13.3. The molecule has 2 aromatic rings. The molecule has 0 saturated heterocycles. The Morgan fingerprint density at radius 1 is 1.43 bits per heavy atom. The lowest BCUT2D eigenvalue weighted by Crippen LogP contribution is -2.25. The minimum absolute atomic E-state index is 0. The minimum atomic E-state index is -0.153. The van der Waals surface area contributed by atoms with Gasteiger partial charge in [-0.3, -0.25) is 9.89 Å². The zero-order valence-electron chi connectivity index (χ0n) is 11.9. The Hall–Kier alpha value is -1.85. The van der Waals surface area contributed by atoms with Crippen molar-refractivity contribution >= 4 is 24.0 Å². The molecule has 21 heavy (non-hydrogen) atoms. The van der Waals surface area contributed by atoms with E-state index in [1.165, 1.54) is 5.56 Å². The summed E-state index contributed by atoms with van der Waals surface area (Å²) in [6, 6.07) is 7.90. The lowest BCUT2D eigenvalue weighted by atomic mass is 10.1. The minimum Gasteiger partial charge on any atom is -0.321 e. The fraction of sp³-hybridized carbons (Fsp3) is 0.333. The van der Waals surface area contributed by atoms with Crippen molar-refractivity contribution in [1.29, 1.82) is 0 Å². The number of aryl methyl sites for hydroxylation is 1. The molecule has 6 heteroatoms. The monoisotopic (exact) mass is 306 g/mol. The lowest BCUT2D eigenvalue weighted by molar-refractivity contribution is 0.102. The number of nitrogens with zero attached hydrogens (tertiary/aromatic N) is 1. The van der Waals surface area contributed by atoms with E-state index in [0.717, 1.165) is 36.3 Å². The molecular weight excluding hydrogens is 288 g/mol. The average molecular weight is 307 g/mol. The molecular formula is C15H19ClN4O. The molecule has 1 aliphatic heterocycles. The third-order valence-electron chi connectivity index (χ3n) is 3.61. The van der Waals surface area contributed by atoms with Gasteiger partial charge >= 0.3 is 0 Å². The number of hydrogen-bond donors (Lipinski definition) is 3. The molecule has 0 fully saturated rings. The van der Waals surface area contributed by atoms with Crippen LogP contribution in [0.5, 0.6) is 0 Å². The van der Waals surface area contributed by atoms with Crippen LogP contribution in [-0.2, 0) is 19.4 Å². The number of aromatic nitrogens is 2. The molecule has 1 aliphatic rings. The summed E-state index contributed by atoms with van der Waals surface area (Å²) in [6.45, 7) is 3.72. The number of carbonyl (C=O) groups is 1. The van der Waals surface area contributed by atoms with Gasteiger partial charge in [0.1, 0.15) is 0 Å². The van der Waals surface area contributed by atoms with Gasteiger partial charge in [0.25, 0.3) is 5.91 Å². The normalized spacial score (nSPS) is 13.2. The van der Waals surface area contributed by atoms with Crippen LogP contribution in [0, 0.1) is 0 Å². The summed E-state index contributed by atoms with van der Waals surface area (Å²) in [6.07, 6.45) is 1.84. The summed E-state index contributed by atoms with van der Waals surface area (Å²) in [4.78, 5) is 12.3. The van der Waals surface area contributed by atoms with Crippen molar-refractivity contribution in [3.63, 3.8) is 0 Å². The highest BCUT2D eigenvalue weighted by Gasteiger charge is 2.21. The van der Waals surface area contributed by atoms with Crippen LogP contribution in [0.4, 0.5) is 5.69 Å². The molecule has 0 radical (unpaired) electrons. The van der Waals surface area contributed by atoms with Gasteiger partial charge in [-0.2, -0.15) is 5.10 Å². The van der Waals surface area contributed by atoms with Crippen LogP contribution >= 0.6 is 12.4 Å². The van der Waals surface area contributed by atoms with Gasteiger partial charge in [-0.05, 0) is 24.1 Å². The van der Waals surface area contributed by atoms with Crippen LogP contribution in [0.15, 0.2) is 24.3 Å². The number of hydrogen-bond acceptors (Lipinski definition) is 3. The molecule has 0 unspecified atom stereocenters. The second-order valence-electron chi connectivity index (χ2n) is 4.96. The van der Waals surface area contributed by atoms with Gasteiger partial charge in [0.2, 0.25) is 0 Å². The number of nitrogens with one attached hydrogen (secondary N) is 3. The van der Waals surface area contributed by atoms with E-state index in [2.05, 4.69) is 33.8 Å². The number of anilines is 1. The van der Waals surface area contributed by atoms with Gasteiger partial charge in [-0.1, -0.05) is 19.1 Å². The van der Waals surface area contributed by atoms with E-state index in [4.69, 9.17) is 0 Å². The smallest absolute Gasteiger partial charge is 0.276 e.